The Kier molecular flexibility index (Phi) is 3.20. The van der Waals surface area contributed by atoms with Crippen molar-refractivity contribution in [2.75, 3.05) is 0 Å². The molecule has 1 heteroatoms. The van der Waals surface area contributed by atoms with Gasteiger partial charge in [0, 0.05) is 0 Å². The normalized spacial score (nSPS) is 53.2. The van der Waals surface area contributed by atoms with E-state index < -0.39 is 0 Å². The van der Waals surface area contributed by atoms with Crippen LogP contribution in [0.1, 0.15) is 79.1 Å². The first-order valence-electron chi connectivity index (χ1n) is 9.65. The van der Waals surface area contributed by atoms with Gasteiger partial charge in [-0.25, -0.2) is 0 Å². The highest BCUT2D eigenvalue weighted by Crippen LogP contribution is 2.66. The molecule has 0 spiro atoms. The van der Waals surface area contributed by atoms with Gasteiger partial charge in [-0.2, -0.15) is 0 Å². The van der Waals surface area contributed by atoms with Gasteiger partial charge in [-0.05, 0) is 78.9 Å². The van der Waals surface area contributed by atoms with Crippen molar-refractivity contribution in [3.05, 3.63) is 11.6 Å². The Morgan fingerprint density at radius 3 is 2.59 bits per heavy atom. The molecular weight excluding hydrogens is 268 g/mol. The molecule has 0 saturated heterocycles. The average Bonchev–Trinajstić information content (AvgIpc) is 2.72. The van der Waals surface area contributed by atoms with Gasteiger partial charge >= 0.3 is 0 Å². The van der Waals surface area contributed by atoms with Gasteiger partial charge < -0.3 is 5.11 Å². The minimum absolute atomic E-state index is 0.0327. The molecule has 4 aliphatic rings. The van der Waals surface area contributed by atoms with Crippen LogP contribution in [0.25, 0.3) is 0 Å². The van der Waals surface area contributed by atoms with E-state index in [2.05, 4.69) is 33.8 Å². The molecule has 3 fully saturated rings. The van der Waals surface area contributed by atoms with Crippen molar-refractivity contribution in [2.24, 2.45) is 34.0 Å². The minimum atomic E-state index is -0.0327. The van der Waals surface area contributed by atoms with Gasteiger partial charge in [0.1, 0.15) is 0 Å². The Balaban J connectivity index is 1.72. The number of aliphatic hydroxyl groups excluding tert-OH is 1. The van der Waals surface area contributed by atoms with Crippen molar-refractivity contribution < 1.29 is 5.11 Å². The molecule has 22 heavy (non-hydrogen) atoms. The smallest absolute Gasteiger partial charge is 0.0548 e. The molecule has 1 nitrogen and oxygen atoms in total. The third kappa shape index (κ3) is 1.93. The predicted molar refractivity (Wildman–Crippen MR) is 91.5 cm³/mol. The van der Waals surface area contributed by atoms with Gasteiger partial charge in [0.15, 0.2) is 0 Å². The quantitative estimate of drug-likeness (QED) is 0.599. The Labute approximate surface area is 136 Å². The summed E-state index contributed by atoms with van der Waals surface area (Å²) in [6.07, 6.45) is 12.9. The van der Waals surface area contributed by atoms with Gasteiger partial charge in [-0.15, -0.1) is 0 Å². The minimum Gasteiger partial charge on any atom is -0.393 e. The number of rotatable bonds is 0. The lowest BCUT2D eigenvalue weighted by Crippen LogP contribution is -2.50. The molecule has 0 aromatic rings. The number of hydrogen-bond donors (Lipinski definition) is 1. The van der Waals surface area contributed by atoms with E-state index in [1.165, 1.54) is 38.5 Å². The van der Waals surface area contributed by atoms with Crippen LogP contribution in [0.4, 0.5) is 0 Å². The van der Waals surface area contributed by atoms with Crippen LogP contribution in [-0.4, -0.2) is 11.2 Å². The molecule has 0 aliphatic heterocycles. The van der Waals surface area contributed by atoms with Crippen molar-refractivity contribution in [2.45, 2.75) is 85.2 Å². The highest BCUT2D eigenvalue weighted by Gasteiger charge is 2.58. The van der Waals surface area contributed by atoms with E-state index in [9.17, 15) is 5.11 Å². The van der Waals surface area contributed by atoms with E-state index in [-0.39, 0.29) is 6.10 Å². The summed E-state index contributed by atoms with van der Waals surface area (Å²) in [5.74, 6) is 2.47. The van der Waals surface area contributed by atoms with Crippen LogP contribution in [0.3, 0.4) is 0 Å². The van der Waals surface area contributed by atoms with Crippen LogP contribution in [0.15, 0.2) is 11.6 Å². The first-order valence-corrected chi connectivity index (χ1v) is 9.65. The van der Waals surface area contributed by atoms with E-state index in [0.717, 1.165) is 30.6 Å². The zero-order chi connectivity index (χ0) is 15.8. The fourth-order valence-electron chi connectivity index (χ4n) is 7.52. The molecule has 0 aromatic heterocycles. The molecule has 124 valence electrons. The van der Waals surface area contributed by atoms with Gasteiger partial charge in [0.25, 0.3) is 0 Å². The predicted octanol–water partition coefficient (Wildman–Crippen LogP) is 5.34. The Morgan fingerprint density at radius 2 is 1.82 bits per heavy atom. The summed E-state index contributed by atoms with van der Waals surface area (Å²) < 4.78 is 0. The molecule has 4 aliphatic carbocycles. The van der Waals surface area contributed by atoms with Gasteiger partial charge in [0.05, 0.1) is 6.10 Å². The second-order valence-electron chi connectivity index (χ2n) is 10.2. The lowest BCUT2D eigenvalue weighted by Gasteiger charge is -2.59. The van der Waals surface area contributed by atoms with E-state index >= 15 is 0 Å². The topological polar surface area (TPSA) is 20.2 Å². The maximum atomic E-state index is 10.3. The largest absolute Gasteiger partial charge is 0.393 e. The van der Waals surface area contributed by atoms with E-state index in [0.29, 0.717) is 16.2 Å². The first-order chi connectivity index (χ1) is 10.3. The van der Waals surface area contributed by atoms with Crippen LogP contribution < -0.4 is 0 Å². The lowest BCUT2D eigenvalue weighted by atomic mass is 9.45. The maximum absolute atomic E-state index is 10.3. The third-order valence-electron chi connectivity index (χ3n) is 8.44. The van der Waals surface area contributed by atoms with Gasteiger partial charge in [-0.3, -0.25) is 0 Å². The Morgan fingerprint density at radius 1 is 1.05 bits per heavy atom. The van der Waals surface area contributed by atoms with Gasteiger partial charge in [0.2, 0.25) is 0 Å². The summed E-state index contributed by atoms with van der Waals surface area (Å²) >= 11 is 0. The lowest BCUT2D eigenvalue weighted by molar-refractivity contribution is -0.0362. The molecule has 3 saturated carbocycles. The fraction of sp³-hybridized carbons (Fsp3) is 0.905. The van der Waals surface area contributed by atoms with Gasteiger partial charge in [-0.1, -0.05) is 45.8 Å². The van der Waals surface area contributed by atoms with Crippen LogP contribution in [0.5, 0.6) is 0 Å². The zero-order valence-electron chi connectivity index (χ0n) is 15.0. The van der Waals surface area contributed by atoms with Crippen LogP contribution in [-0.2, 0) is 0 Å². The van der Waals surface area contributed by atoms with Crippen molar-refractivity contribution in [1.82, 2.24) is 0 Å². The Hall–Kier alpha value is -0.300. The van der Waals surface area contributed by atoms with E-state index in [1.807, 2.05) is 0 Å². The third-order valence-corrected chi connectivity index (χ3v) is 8.44. The van der Waals surface area contributed by atoms with Crippen LogP contribution >= 0.6 is 0 Å². The molecule has 0 amide bonds. The SMILES string of the molecule is CC1(C)CCC[C@@]2(C)C1=CC[C@H]1[C@@H]3C[C@H](O)C[C@@]3(C)CC[C@@H]12. The Bertz CT molecular complexity index is 504. The zero-order valence-corrected chi connectivity index (χ0v) is 15.0. The maximum Gasteiger partial charge on any atom is 0.0548 e. The molecule has 0 heterocycles. The molecule has 0 bridgehead atoms. The molecule has 4 rings (SSSR count). The molecular formula is C21H34O. The summed E-state index contributed by atoms with van der Waals surface area (Å²) in [5, 5.41) is 10.3. The van der Waals surface area contributed by atoms with E-state index in [4.69, 9.17) is 0 Å². The van der Waals surface area contributed by atoms with E-state index in [1.54, 1.807) is 5.57 Å². The van der Waals surface area contributed by atoms with Crippen LogP contribution in [0, 0.1) is 34.0 Å². The summed E-state index contributed by atoms with van der Waals surface area (Å²) in [5.41, 5.74) is 3.06. The summed E-state index contributed by atoms with van der Waals surface area (Å²) in [6, 6.07) is 0. The highest BCUT2D eigenvalue weighted by atomic mass is 16.3. The van der Waals surface area contributed by atoms with Crippen LogP contribution in [0.2, 0.25) is 0 Å². The highest BCUT2D eigenvalue weighted by molar-refractivity contribution is 5.29. The number of aliphatic hydroxyl groups is 1. The molecule has 0 aromatic carbocycles. The molecule has 1 N–H and O–H groups in total. The first kappa shape index (κ1) is 15.2. The second kappa shape index (κ2) is 4.62. The molecule has 6 atom stereocenters. The number of allylic oxidation sites excluding steroid dienone is 2. The summed E-state index contributed by atoms with van der Waals surface area (Å²) in [4.78, 5) is 0. The van der Waals surface area contributed by atoms with Crippen molar-refractivity contribution in [3.63, 3.8) is 0 Å². The average molecular weight is 303 g/mol. The summed E-state index contributed by atoms with van der Waals surface area (Å²) in [7, 11) is 0. The second-order valence-corrected chi connectivity index (χ2v) is 10.2. The fourth-order valence-corrected chi connectivity index (χ4v) is 7.52. The van der Waals surface area contributed by atoms with Crippen molar-refractivity contribution >= 4 is 0 Å². The number of hydrogen-bond acceptors (Lipinski definition) is 1. The summed E-state index contributed by atoms with van der Waals surface area (Å²) in [6.45, 7) is 10.0. The standard InChI is InChI=1S/C21H34O/c1-19(2)9-5-10-21(4)16-8-11-20(3)13-14(22)12-17(20)15(16)6-7-18(19)21/h7,14-17,22H,5-6,8-13H2,1-4H3/t14-,15+,16-,17-,20+,21+/m0/s1. The van der Waals surface area contributed by atoms with Crippen molar-refractivity contribution in [3.8, 4) is 0 Å². The van der Waals surface area contributed by atoms with Crippen molar-refractivity contribution in [1.29, 1.82) is 0 Å². The molecule has 0 radical (unpaired) electrons. The monoisotopic (exact) mass is 302 g/mol. The number of fused-ring (bicyclic) bond motifs is 5. The molecule has 0 unspecified atom stereocenters.